The molecule has 0 fully saturated rings. The quantitative estimate of drug-likeness (QED) is 0.582. The number of benzene rings is 3. The van der Waals surface area contributed by atoms with E-state index in [4.69, 9.17) is 20.3 Å². The lowest BCUT2D eigenvalue weighted by atomic mass is 9.78. The number of nitrogens with two attached hydrogens (primary N) is 1. The first-order chi connectivity index (χ1) is 16.5. The van der Waals surface area contributed by atoms with Crippen LogP contribution < -0.4 is 10.5 Å². The van der Waals surface area contributed by atoms with Gasteiger partial charge in [-0.05, 0) is 65.8 Å². The van der Waals surface area contributed by atoms with Crippen LogP contribution in [0.4, 0.5) is 0 Å². The average Bonchev–Trinajstić information content (AvgIpc) is 3.01. The Labute approximate surface area is 199 Å². The van der Waals surface area contributed by atoms with Crippen LogP contribution in [0.25, 0.3) is 11.1 Å². The summed E-state index contributed by atoms with van der Waals surface area (Å²) in [6, 6.07) is 24.6. The summed E-state index contributed by atoms with van der Waals surface area (Å²) in [5, 5.41) is 10.9. The van der Waals surface area contributed by atoms with Crippen LogP contribution >= 0.6 is 0 Å². The minimum atomic E-state index is -0.950. The number of hydroxylamine groups is 2. The van der Waals surface area contributed by atoms with E-state index >= 15 is 0 Å². The molecule has 2 aliphatic heterocycles. The van der Waals surface area contributed by atoms with E-state index < -0.39 is 11.3 Å². The van der Waals surface area contributed by atoms with Gasteiger partial charge in [-0.25, -0.2) is 14.9 Å². The van der Waals surface area contributed by atoms with E-state index in [-0.39, 0.29) is 0 Å². The van der Waals surface area contributed by atoms with Crippen molar-refractivity contribution >= 4 is 5.96 Å². The molecular weight excluding hydrogens is 424 g/mol. The standard InChI is InChI=1S/C28H26N4O2/c1-32-26(30)31-28(34-32)18-27(13-5-10-20-7-2-3-8-23(20)16-27)33-25-12-11-22(15-24(25)28)21-9-4-6-19(14-21)17-29/h2-4,6-9,11-12,14-15H,5,10,13,16,18H2,1H3,(H2,30,31)/t27-,28+/m1/s1. The molecule has 3 aromatic rings. The molecule has 34 heavy (non-hydrogen) atoms. The molecule has 2 spiro atoms. The number of hydrogen-bond acceptors (Lipinski definition) is 6. The second kappa shape index (κ2) is 7.61. The van der Waals surface area contributed by atoms with E-state index in [1.165, 1.54) is 11.1 Å². The van der Waals surface area contributed by atoms with Crippen LogP contribution in [0.5, 0.6) is 5.75 Å². The van der Waals surface area contributed by atoms with Crippen molar-refractivity contribution in [2.75, 3.05) is 7.05 Å². The van der Waals surface area contributed by atoms with Gasteiger partial charge in [-0.1, -0.05) is 42.5 Å². The molecule has 6 heteroatoms. The number of ether oxygens (including phenoxy) is 1. The normalized spacial score (nSPS) is 25.2. The molecule has 6 nitrogen and oxygen atoms in total. The molecule has 2 atom stereocenters. The molecule has 0 bridgehead atoms. The van der Waals surface area contributed by atoms with Crippen molar-refractivity contribution in [3.05, 3.63) is 89.0 Å². The van der Waals surface area contributed by atoms with E-state index in [9.17, 15) is 5.26 Å². The average molecular weight is 451 g/mol. The lowest BCUT2D eigenvalue weighted by Gasteiger charge is -2.45. The van der Waals surface area contributed by atoms with E-state index in [0.717, 1.165) is 48.1 Å². The van der Waals surface area contributed by atoms with Gasteiger partial charge in [0.05, 0.1) is 17.2 Å². The largest absolute Gasteiger partial charge is 0.486 e. The minimum Gasteiger partial charge on any atom is -0.486 e. The Bertz CT molecular complexity index is 1360. The molecule has 0 aromatic heterocycles. The fourth-order valence-electron chi connectivity index (χ4n) is 5.65. The molecule has 3 aliphatic rings. The maximum atomic E-state index is 9.33. The van der Waals surface area contributed by atoms with Crippen LogP contribution in [0.3, 0.4) is 0 Å². The van der Waals surface area contributed by atoms with E-state index in [1.54, 1.807) is 18.2 Å². The number of fused-ring (bicyclic) bond motifs is 3. The van der Waals surface area contributed by atoms with Crippen LogP contribution in [-0.4, -0.2) is 23.7 Å². The van der Waals surface area contributed by atoms with Gasteiger partial charge in [0, 0.05) is 19.9 Å². The molecule has 0 radical (unpaired) electrons. The maximum Gasteiger partial charge on any atom is 0.222 e. The zero-order valence-corrected chi connectivity index (χ0v) is 19.1. The van der Waals surface area contributed by atoms with Gasteiger partial charge >= 0.3 is 0 Å². The monoisotopic (exact) mass is 450 g/mol. The third kappa shape index (κ3) is 3.32. The highest BCUT2D eigenvalue weighted by atomic mass is 16.7. The number of nitrogens with zero attached hydrogens (tertiary/aromatic N) is 3. The molecular formula is C28H26N4O2. The Hall–Kier alpha value is -3.82. The smallest absolute Gasteiger partial charge is 0.222 e. The van der Waals surface area contributed by atoms with Crippen LogP contribution in [-0.2, 0) is 23.4 Å². The molecule has 170 valence electrons. The van der Waals surface area contributed by atoms with Crippen LogP contribution in [0, 0.1) is 11.3 Å². The van der Waals surface area contributed by atoms with Gasteiger partial charge < -0.3 is 10.5 Å². The summed E-state index contributed by atoms with van der Waals surface area (Å²) in [4.78, 5) is 11.3. The summed E-state index contributed by atoms with van der Waals surface area (Å²) in [6.07, 6.45) is 4.38. The molecule has 2 N–H and O–H groups in total. The molecule has 6 rings (SSSR count). The van der Waals surface area contributed by atoms with Crippen LogP contribution in [0.2, 0.25) is 0 Å². The Kier molecular flexibility index (Phi) is 4.65. The van der Waals surface area contributed by atoms with Crippen molar-refractivity contribution in [1.29, 1.82) is 5.26 Å². The van der Waals surface area contributed by atoms with Crippen molar-refractivity contribution in [3.63, 3.8) is 0 Å². The lowest BCUT2D eigenvalue weighted by Crippen LogP contribution is -2.49. The van der Waals surface area contributed by atoms with Gasteiger partial charge in [-0.2, -0.15) is 5.26 Å². The summed E-state index contributed by atoms with van der Waals surface area (Å²) in [5.41, 5.74) is 11.0. The number of hydrogen-bond donors (Lipinski definition) is 1. The van der Waals surface area contributed by atoms with Gasteiger partial charge in [0.15, 0.2) is 0 Å². The highest BCUT2D eigenvalue weighted by molar-refractivity contribution is 5.79. The van der Waals surface area contributed by atoms with Crippen LogP contribution in [0.1, 0.15) is 41.5 Å². The topological polar surface area (TPSA) is 83.9 Å². The molecule has 2 heterocycles. The summed E-state index contributed by atoms with van der Waals surface area (Å²) in [7, 11) is 1.79. The fraction of sp³-hybridized carbons (Fsp3) is 0.286. The predicted molar refractivity (Wildman–Crippen MR) is 130 cm³/mol. The van der Waals surface area contributed by atoms with Crippen molar-refractivity contribution in [2.24, 2.45) is 10.7 Å². The van der Waals surface area contributed by atoms with Gasteiger partial charge in [0.25, 0.3) is 0 Å². The van der Waals surface area contributed by atoms with Gasteiger partial charge in [-0.15, -0.1) is 0 Å². The Morgan fingerprint density at radius 3 is 2.65 bits per heavy atom. The highest BCUT2D eigenvalue weighted by Crippen LogP contribution is 2.52. The Morgan fingerprint density at radius 2 is 1.85 bits per heavy atom. The van der Waals surface area contributed by atoms with E-state index in [0.29, 0.717) is 17.9 Å². The van der Waals surface area contributed by atoms with Gasteiger partial charge in [-0.3, -0.25) is 0 Å². The van der Waals surface area contributed by atoms with Gasteiger partial charge in [0.2, 0.25) is 11.7 Å². The summed E-state index contributed by atoms with van der Waals surface area (Å²) in [6.45, 7) is 0. The van der Waals surface area contributed by atoms with E-state index in [1.807, 2.05) is 30.3 Å². The van der Waals surface area contributed by atoms with E-state index in [2.05, 4.69) is 36.4 Å². The Morgan fingerprint density at radius 1 is 1.03 bits per heavy atom. The molecule has 0 amide bonds. The first-order valence-corrected chi connectivity index (χ1v) is 11.7. The second-order valence-corrected chi connectivity index (χ2v) is 9.51. The Balaban J connectivity index is 1.48. The maximum absolute atomic E-state index is 9.33. The molecule has 1 aliphatic carbocycles. The van der Waals surface area contributed by atoms with Crippen LogP contribution in [0.15, 0.2) is 71.7 Å². The zero-order valence-electron chi connectivity index (χ0n) is 19.1. The third-order valence-corrected chi connectivity index (χ3v) is 7.23. The van der Waals surface area contributed by atoms with Gasteiger partial charge in [0.1, 0.15) is 11.4 Å². The number of guanidine groups is 1. The van der Waals surface area contributed by atoms with Crippen molar-refractivity contribution < 1.29 is 9.57 Å². The zero-order chi connectivity index (χ0) is 23.3. The molecule has 3 aromatic carbocycles. The number of nitriles is 1. The predicted octanol–water partition coefficient (Wildman–Crippen LogP) is 4.67. The number of aliphatic imine (C=N–C) groups is 1. The van der Waals surface area contributed by atoms with Crippen molar-refractivity contribution in [3.8, 4) is 22.9 Å². The molecule has 0 saturated carbocycles. The summed E-state index contributed by atoms with van der Waals surface area (Å²) < 4.78 is 6.83. The lowest BCUT2D eigenvalue weighted by molar-refractivity contribution is -0.204. The number of aryl methyl sites for hydroxylation is 1. The first kappa shape index (κ1) is 20.8. The number of rotatable bonds is 1. The first-order valence-electron chi connectivity index (χ1n) is 11.7. The summed E-state index contributed by atoms with van der Waals surface area (Å²) >= 11 is 0. The SMILES string of the molecule is CN1O[C@]2(C[C@]3(CCCc4ccccc4C3)Oc3ccc(-c4cccc(C#N)c4)cc32)N=C1N. The molecule has 0 saturated heterocycles. The minimum absolute atomic E-state index is 0.355. The van der Waals surface area contributed by atoms with Crippen molar-refractivity contribution in [1.82, 2.24) is 5.06 Å². The second-order valence-electron chi connectivity index (χ2n) is 9.51. The third-order valence-electron chi connectivity index (χ3n) is 7.23. The summed E-state index contributed by atoms with van der Waals surface area (Å²) in [5.74, 6) is 1.13. The molecule has 0 unspecified atom stereocenters. The van der Waals surface area contributed by atoms with Crippen molar-refractivity contribution in [2.45, 2.75) is 43.4 Å². The highest BCUT2D eigenvalue weighted by Gasteiger charge is 2.54. The fourth-order valence-corrected chi connectivity index (χ4v) is 5.65.